The van der Waals surface area contributed by atoms with Crippen LogP contribution in [0.3, 0.4) is 0 Å². The van der Waals surface area contributed by atoms with Gasteiger partial charge < -0.3 is 9.29 Å². The van der Waals surface area contributed by atoms with Gasteiger partial charge in [-0.3, -0.25) is 0 Å². The number of ether oxygens (including phenoxy) is 1. The van der Waals surface area contributed by atoms with Crippen LogP contribution in [0.5, 0.6) is 5.75 Å². The van der Waals surface area contributed by atoms with Crippen molar-refractivity contribution in [3.8, 4) is 5.75 Å². The lowest BCUT2D eigenvalue weighted by atomic mass is 9.97. The third-order valence-electron chi connectivity index (χ3n) is 3.83. The highest BCUT2D eigenvalue weighted by Crippen LogP contribution is 2.40. The Bertz CT molecular complexity index is 693. The lowest BCUT2D eigenvalue weighted by Gasteiger charge is -2.36. The van der Waals surface area contributed by atoms with Gasteiger partial charge in [0.25, 0.3) is 0 Å². The molecule has 0 amide bonds. The summed E-state index contributed by atoms with van der Waals surface area (Å²) in [4.78, 5) is -0.343. The molecule has 2 N–H and O–H groups in total. The van der Waals surface area contributed by atoms with Crippen LogP contribution in [-0.2, 0) is 21.2 Å². The molecule has 0 saturated carbocycles. The summed E-state index contributed by atoms with van der Waals surface area (Å²) in [6, 6.07) is 1.95. The minimum Gasteiger partial charge on any atom is -0.611 e. The van der Waals surface area contributed by atoms with E-state index in [1.807, 2.05) is 0 Å². The largest absolute Gasteiger partial charge is 0.611 e. The molecule has 0 spiro atoms. The molecule has 1 aliphatic heterocycles. The van der Waals surface area contributed by atoms with Crippen LogP contribution in [0.25, 0.3) is 0 Å². The van der Waals surface area contributed by atoms with Crippen LogP contribution in [0, 0.1) is 11.7 Å². The Balaban J connectivity index is 2.30. The average molecular weight is 363 g/mol. The van der Waals surface area contributed by atoms with E-state index in [0.29, 0.717) is 12.3 Å². The lowest BCUT2D eigenvalue weighted by molar-refractivity contribution is 0.0829. The molecule has 23 heavy (non-hydrogen) atoms. The summed E-state index contributed by atoms with van der Waals surface area (Å²) in [5, 5.41) is 5.02. The van der Waals surface area contributed by atoms with Crippen molar-refractivity contribution < 1.29 is 22.1 Å². The highest BCUT2D eigenvalue weighted by atomic mass is 32.2. The first kappa shape index (κ1) is 18.5. The van der Waals surface area contributed by atoms with Crippen molar-refractivity contribution in [2.45, 2.75) is 55.4 Å². The topological polar surface area (TPSA) is 92.5 Å². The SMILES string of the molecule is CC(C)CCCC1(C)C[S+]([O-])c2cc(S(N)(=O)=O)cc(F)c2O1. The highest BCUT2D eigenvalue weighted by molar-refractivity contribution is 7.91. The quantitative estimate of drug-likeness (QED) is 0.814. The zero-order valence-corrected chi connectivity index (χ0v) is 15.1. The molecule has 2 unspecified atom stereocenters. The van der Waals surface area contributed by atoms with Crippen molar-refractivity contribution in [2.75, 3.05) is 5.75 Å². The number of primary sulfonamides is 1. The van der Waals surface area contributed by atoms with Crippen LogP contribution >= 0.6 is 0 Å². The van der Waals surface area contributed by atoms with Gasteiger partial charge in [0.05, 0.1) is 4.90 Å². The maximum atomic E-state index is 14.2. The first-order chi connectivity index (χ1) is 10.5. The molecule has 2 rings (SSSR count). The van der Waals surface area contributed by atoms with Crippen LogP contribution in [0.2, 0.25) is 0 Å². The summed E-state index contributed by atoms with van der Waals surface area (Å²) in [6.45, 7) is 6.04. The van der Waals surface area contributed by atoms with Gasteiger partial charge in [-0.15, -0.1) is 0 Å². The number of rotatable bonds is 5. The Morgan fingerprint density at radius 2 is 2.13 bits per heavy atom. The third kappa shape index (κ3) is 4.37. The second kappa shape index (κ2) is 6.58. The Hall–Kier alpha value is -0.830. The van der Waals surface area contributed by atoms with E-state index in [2.05, 4.69) is 13.8 Å². The van der Waals surface area contributed by atoms with Crippen molar-refractivity contribution in [1.29, 1.82) is 0 Å². The van der Waals surface area contributed by atoms with Crippen LogP contribution in [0.15, 0.2) is 21.9 Å². The van der Waals surface area contributed by atoms with Gasteiger partial charge in [-0.2, -0.15) is 0 Å². The predicted molar refractivity (Wildman–Crippen MR) is 86.8 cm³/mol. The predicted octanol–water partition coefficient (Wildman–Crippen LogP) is 2.56. The zero-order chi connectivity index (χ0) is 17.4. The van der Waals surface area contributed by atoms with Gasteiger partial charge in [0.15, 0.2) is 16.3 Å². The molecule has 2 atom stereocenters. The number of hydrogen-bond donors (Lipinski definition) is 1. The second-order valence-electron chi connectivity index (χ2n) is 6.61. The van der Waals surface area contributed by atoms with E-state index in [4.69, 9.17) is 9.88 Å². The van der Waals surface area contributed by atoms with Crippen LogP contribution < -0.4 is 9.88 Å². The summed E-state index contributed by atoms with van der Waals surface area (Å²) in [7, 11) is -4.06. The minimum absolute atomic E-state index is 0.0513. The summed E-state index contributed by atoms with van der Waals surface area (Å²) >= 11 is -1.54. The first-order valence-electron chi connectivity index (χ1n) is 7.45. The van der Waals surface area contributed by atoms with E-state index in [1.165, 1.54) is 0 Å². The Labute approximate surface area is 139 Å². The fourth-order valence-electron chi connectivity index (χ4n) is 2.62. The van der Waals surface area contributed by atoms with E-state index in [-0.39, 0.29) is 16.4 Å². The molecule has 0 aliphatic carbocycles. The van der Waals surface area contributed by atoms with E-state index in [1.54, 1.807) is 6.92 Å². The molecule has 0 bridgehead atoms. The molecule has 1 aromatic carbocycles. The van der Waals surface area contributed by atoms with Gasteiger partial charge >= 0.3 is 0 Å². The molecular formula is C15H22FNO4S2. The lowest BCUT2D eigenvalue weighted by Crippen LogP contribution is -2.44. The standard InChI is InChI=1S/C15H22FNO4S2/c1-10(2)5-4-6-15(3)9-22(18)13-8-11(23(17,19)20)7-12(16)14(13)21-15/h7-8,10H,4-6,9H2,1-3H3,(H2,17,19,20). The van der Waals surface area contributed by atoms with Gasteiger partial charge in [0.2, 0.25) is 15.8 Å². The number of halogens is 1. The maximum absolute atomic E-state index is 14.2. The fraction of sp³-hybridized carbons (Fsp3) is 0.600. The number of nitrogens with two attached hydrogens (primary N) is 1. The van der Waals surface area contributed by atoms with E-state index in [9.17, 15) is 17.4 Å². The van der Waals surface area contributed by atoms with E-state index < -0.39 is 37.5 Å². The molecule has 5 nitrogen and oxygen atoms in total. The third-order valence-corrected chi connectivity index (χ3v) is 6.39. The first-order valence-corrected chi connectivity index (χ1v) is 10.3. The highest BCUT2D eigenvalue weighted by Gasteiger charge is 2.42. The van der Waals surface area contributed by atoms with E-state index in [0.717, 1.165) is 25.0 Å². The minimum atomic E-state index is -4.06. The molecule has 0 radical (unpaired) electrons. The number of fused-ring (bicyclic) bond motifs is 1. The van der Waals surface area contributed by atoms with Crippen molar-refractivity contribution in [2.24, 2.45) is 11.1 Å². The van der Waals surface area contributed by atoms with Crippen molar-refractivity contribution in [3.63, 3.8) is 0 Å². The molecule has 130 valence electrons. The summed E-state index contributed by atoms with van der Waals surface area (Å²) in [5.41, 5.74) is -0.725. The maximum Gasteiger partial charge on any atom is 0.238 e. The monoisotopic (exact) mass is 363 g/mol. The van der Waals surface area contributed by atoms with Gasteiger partial charge in [0.1, 0.15) is 5.75 Å². The molecule has 0 fully saturated rings. The summed E-state index contributed by atoms with van der Waals surface area (Å²) < 4.78 is 55.2. The van der Waals surface area contributed by atoms with Crippen LogP contribution in [0.4, 0.5) is 4.39 Å². The zero-order valence-electron chi connectivity index (χ0n) is 13.5. The van der Waals surface area contributed by atoms with E-state index >= 15 is 0 Å². The fourth-order valence-corrected chi connectivity index (χ4v) is 4.76. The molecular weight excluding hydrogens is 341 g/mol. The second-order valence-corrected chi connectivity index (χ2v) is 9.59. The number of hydrogen-bond acceptors (Lipinski definition) is 4. The van der Waals surface area contributed by atoms with Crippen LogP contribution in [-0.4, -0.2) is 24.3 Å². The van der Waals surface area contributed by atoms with Gasteiger partial charge in [0, 0.05) is 6.07 Å². The molecule has 0 saturated heterocycles. The van der Waals surface area contributed by atoms with Crippen molar-refractivity contribution in [3.05, 3.63) is 17.9 Å². The molecule has 0 aromatic heterocycles. The Kier molecular flexibility index (Phi) is 5.30. The van der Waals surface area contributed by atoms with Gasteiger partial charge in [-0.25, -0.2) is 17.9 Å². The van der Waals surface area contributed by atoms with Crippen LogP contribution in [0.1, 0.15) is 40.0 Å². The van der Waals surface area contributed by atoms with Crippen molar-refractivity contribution in [1.82, 2.24) is 0 Å². The number of sulfonamides is 1. The smallest absolute Gasteiger partial charge is 0.238 e. The Morgan fingerprint density at radius 1 is 1.48 bits per heavy atom. The average Bonchev–Trinajstić information content (AvgIpc) is 2.38. The Morgan fingerprint density at radius 3 is 2.70 bits per heavy atom. The normalized spacial score (nSPS) is 24.4. The number of benzene rings is 1. The van der Waals surface area contributed by atoms with Gasteiger partial charge in [-0.05, 0) is 42.9 Å². The van der Waals surface area contributed by atoms with Crippen molar-refractivity contribution >= 4 is 21.2 Å². The summed E-state index contributed by atoms with van der Waals surface area (Å²) in [5.74, 6) is -0.233. The van der Waals surface area contributed by atoms with Gasteiger partial charge in [-0.1, -0.05) is 20.3 Å². The molecule has 1 aliphatic rings. The summed E-state index contributed by atoms with van der Waals surface area (Å²) in [6.07, 6.45) is 2.55. The molecule has 1 heterocycles. The molecule has 8 heteroatoms. The molecule has 1 aromatic rings.